The van der Waals surface area contributed by atoms with Crippen molar-refractivity contribution in [2.24, 2.45) is 11.1 Å². The number of ether oxygens (including phenoxy) is 1. The minimum absolute atomic E-state index is 0.00850. The molecule has 1 aromatic rings. The van der Waals surface area contributed by atoms with Crippen molar-refractivity contribution >= 4 is 15.9 Å². The van der Waals surface area contributed by atoms with Crippen LogP contribution in [-0.2, 0) is 19.6 Å². The average Bonchev–Trinajstić information content (AvgIpc) is 2.77. The number of nitrogens with two attached hydrogens (primary N) is 1. The molecule has 0 bridgehead atoms. The molecule has 0 radical (unpaired) electrons. The molecule has 0 aliphatic carbocycles. The van der Waals surface area contributed by atoms with E-state index < -0.39 is 21.3 Å². The Morgan fingerprint density at radius 3 is 2.48 bits per heavy atom. The van der Waals surface area contributed by atoms with E-state index in [2.05, 4.69) is 9.88 Å². The summed E-state index contributed by atoms with van der Waals surface area (Å²) < 4.78 is 37.2. The number of amides is 1. The topological polar surface area (TPSA) is 125 Å². The van der Waals surface area contributed by atoms with Crippen LogP contribution in [0.15, 0.2) is 9.42 Å². The molecule has 1 fully saturated rings. The zero-order chi connectivity index (χ0) is 15.7. The highest BCUT2D eigenvalue weighted by atomic mass is 32.2. The molecular weight excluding hydrogens is 298 g/mol. The Morgan fingerprint density at radius 2 is 2.00 bits per heavy atom. The second-order valence-electron chi connectivity index (χ2n) is 5.23. The third kappa shape index (κ3) is 3.09. The first kappa shape index (κ1) is 15.9. The number of rotatable bonds is 5. The van der Waals surface area contributed by atoms with E-state index in [1.165, 1.54) is 6.92 Å². The molecule has 0 spiro atoms. The fourth-order valence-corrected chi connectivity index (χ4v) is 3.89. The predicted octanol–water partition coefficient (Wildman–Crippen LogP) is -0.148. The number of carbonyl (C=O) groups excluding carboxylic acids is 1. The summed E-state index contributed by atoms with van der Waals surface area (Å²) in [5.41, 5.74) is 4.82. The number of aryl methyl sites for hydroxylation is 2. The molecule has 0 aromatic carbocycles. The van der Waals surface area contributed by atoms with Crippen molar-refractivity contribution in [3.63, 3.8) is 0 Å². The number of primary amides is 1. The summed E-state index contributed by atoms with van der Waals surface area (Å²) in [6.07, 6.45) is 0.791. The van der Waals surface area contributed by atoms with Gasteiger partial charge in [0.2, 0.25) is 15.9 Å². The first-order valence-electron chi connectivity index (χ1n) is 6.59. The second-order valence-corrected chi connectivity index (χ2v) is 6.94. The number of carbonyl (C=O) groups is 1. The highest BCUT2D eigenvalue weighted by molar-refractivity contribution is 7.89. The lowest BCUT2D eigenvalue weighted by molar-refractivity contribution is -0.132. The van der Waals surface area contributed by atoms with E-state index in [1.807, 2.05) is 0 Å². The fraction of sp³-hybridized carbons (Fsp3) is 0.667. The summed E-state index contributed by atoms with van der Waals surface area (Å²) in [5.74, 6) is -0.313. The van der Waals surface area contributed by atoms with Gasteiger partial charge < -0.3 is 15.0 Å². The van der Waals surface area contributed by atoms with Crippen molar-refractivity contribution in [2.75, 3.05) is 19.8 Å². The van der Waals surface area contributed by atoms with E-state index in [9.17, 15) is 13.2 Å². The largest absolute Gasteiger partial charge is 0.381 e. The molecule has 21 heavy (non-hydrogen) atoms. The monoisotopic (exact) mass is 317 g/mol. The molecule has 9 heteroatoms. The summed E-state index contributed by atoms with van der Waals surface area (Å²) in [7, 11) is -3.80. The van der Waals surface area contributed by atoms with Gasteiger partial charge in [0.15, 0.2) is 5.76 Å². The first-order chi connectivity index (χ1) is 9.78. The van der Waals surface area contributed by atoms with Gasteiger partial charge in [-0.05, 0) is 26.7 Å². The van der Waals surface area contributed by atoms with Crippen LogP contribution < -0.4 is 10.5 Å². The molecule has 1 aliphatic heterocycles. The number of hydrogen-bond donors (Lipinski definition) is 2. The third-order valence-corrected chi connectivity index (χ3v) is 5.45. The molecule has 1 aliphatic rings. The molecule has 1 amide bonds. The number of nitrogens with one attached hydrogen (secondary N) is 1. The lowest BCUT2D eigenvalue weighted by Crippen LogP contribution is -2.49. The van der Waals surface area contributed by atoms with E-state index in [0.717, 1.165) is 0 Å². The van der Waals surface area contributed by atoms with Crippen LogP contribution in [0.4, 0.5) is 0 Å². The molecule has 0 atom stereocenters. The molecule has 3 N–H and O–H groups in total. The standard InChI is InChI=1S/C12H19N3O5S/c1-8-10(9(2)20-15-8)21(17,18)14-7-12(11(13)16)3-5-19-6-4-12/h14H,3-7H2,1-2H3,(H2,13,16). The van der Waals surface area contributed by atoms with Crippen molar-refractivity contribution < 1.29 is 22.5 Å². The van der Waals surface area contributed by atoms with Crippen molar-refractivity contribution in [1.82, 2.24) is 9.88 Å². The van der Waals surface area contributed by atoms with Crippen LogP contribution in [-0.4, -0.2) is 39.2 Å². The highest BCUT2D eigenvalue weighted by Crippen LogP contribution is 2.30. The highest BCUT2D eigenvalue weighted by Gasteiger charge is 2.40. The molecule has 118 valence electrons. The quantitative estimate of drug-likeness (QED) is 0.778. The Morgan fingerprint density at radius 1 is 1.38 bits per heavy atom. The Bertz CT molecular complexity index is 612. The number of hydrogen-bond acceptors (Lipinski definition) is 6. The van der Waals surface area contributed by atoms with Gasteiger partial charge in [-0.15, -0.1) is 0 Å². The second kappa shape index (κ2) is 5.74. The Kier molecular flexibility index (Phi) is 4.35. The number of nitrogens with zero attached hydrogens (tertiary/aromatic N) is 1. The normalized spacial score (nSPS) is 18.6. The summed E-state index contributed by atoms with van der Waals surface area (Å²) in [5, 5.41) is 3.62. The lowest BCUT2D eigenvalue weighted by Gasteiger charge is -2.34. The van der Waals surface area contributed by atoms with E-state index in [0.29, 0.717) is 26.1 Å². The molecule has 0 unspecified atom stereocenters. The first-order valence-corrected chi connectivity index (χ1v) is 8.07. The maximum absolute atomic E-state index is 12.3. The van der Waals surface area contributed by atoms with E-state index in [-0.39, 0.29) is 22.9 Å². The van der Waals surface area contributed by atoms with Gasteiger partial charge in [0.05, 0.1) is 5.41 Å². The van der Waals surface area contributed by atoms with Gasteiger partial charge in [-0.3, -0.25) is 4.79 Å². The van der Waals surface area contributed by atoms with Crippen LogP contribution >= 0.6 is 0 Å². The van der Waals surface area contributed by atoms with E-state index >= 15 is 0 Å². The van der Waals surface area contributed by atoms with Crippen molar-refractivity contribution in [3.05, 3.63) is 11.5 Å². The van der Waals surface area contributed by atoms with Gasteiger partial charge in [0, 0.05) is 19.8 Å². The zero-order valence-corrected chi connectivity index (χ0v) is 12.8. The molecule has 2 heterocycles. The maximum atomic E-state index is 12.3. The van der Waals surface area contributed by atoms with Gasteiger partial charge in [0.25, 0.3) is 0 Å². The summed E-state index contributed by atoms with van der Waals surface area (Å²) >= 11 is 0. The van der Waals surface area contributed by atoms with Crippen LogP contribution in [0, 0.1) is 19.3 Å². The zero-order valence-electron chi connectivity index (χ0n) is 12.0. The predicted molar refractivity (Wildman–Crippen MR) is 72.8 cm³/mol. The molecule has 8 nitrogen and oxygen atoms in total. The minimum Gasteiger partial charge on any atom is -0.381 e. The smallest absolute Gasteiger partial charge is 0.246 e. The molecule has 0 saturated carbocycles. The van der Waals surface area contributed by atoms with Crippen molar-refractivity contribution in [2.45, 2.75) is 31.6 Å². The van der Waals surface area contributed by atoms with Crippen molar-refractivity contribution in [3.8, 4) is 0 Å². The molecular formula is C12H19N3O5S. The number of sulfonamides is 1. The Labute approximate surface area is 123 Å². The number of aromatic nitrogens is 1. The van der Waals surface area contributed by atoms with E-state index in [1.54, 1.807) is 6.92 Å². The maximum Gasteiger partial charge on any atom is 0.246 e. The minimum atomic E-state index is -3.80. The lowest BCUT2D eigenvalue weighted by atomic mass is 9.80. The summed E-state index contributed by atoms with van der Waals surface area (Å²) in [4.78, 5) is 11.7. The SMILES string of the molecule is Cc1noc(C)c1S(=O)(=O)NCC1(C(N)=O)CCOCC1. The Balaban J connectivity index is 2.19. The van der Waals surface area contributed by atoms with Crippen LogP contribution in [0.25, 0.3) is 0 Å². The summed E-state index contributed by atoms with van der Waals surface area (Å²) in [6, 6.07) is 0. The van der Waals surface area contributed by atoms with E-state index in [4.69, 9.17) is 15.0 Å². The van der Waals surface area contributed by atoms with Crippen LogP contribution in [0.5, 0.6) is 0 Å². The van der Waals surface area contributed by atoms with Gasteiger partial charge in [-0.2, -0.15) is 0 Å². The molecule has 1 aromatic heterocycles. The molecule has 1 saturated heterocycles. The third-order valence-electron chi connectivity index (χ3n) is 3.81. The van der Waals surface area contributed by atoms with Gasteiger partial charge in [-0.25, -0.2) is 13.1 Å². The average molecular weight is 317 g/mol. The van der Waals surface area contributed by atoms with Gasteiger partial charge >= 0.3 is 0 Å². The fourth-order valence-electron chi connectivity index (χ4n) is 2.44. The van der Waals surface area contributed by atoms with Gasteiger partial charge in [0.1, 0.15) is 10.6 Å². The van der Waals surface area contributed by atoms with Crippen LogP contribution in [0.1, 0.15) is 24.3 Å². The van der Waals surface area contributed by atoms with Gasteiger partial charge in [-0.1, -0.05) is 5.16 Å². The Hall–Kier alpha value is -1.45. The molecule has 2 rings (SSSR count). The van der Waals surface area contributed by atoms with Crippen LogP contribution in [0.3, 0.4) is 0 Å². The van der Waals surface area contributed by atoms with Crippen molar-refractivity contribution in [1.29, 1.82) is 0 Å². The summed E-state index contributed by atoms with van der Waals surface area (Å²) in [6.45, 7) is 3.78. The van der Waals surface area contributed by atoms with Crippen LogP contribution in [0.2, 0.25) is 0 Å².